The molecule has 1 heteroatoms. The molecule has 0 aliphatic rings. The Hall–Kier alpha value is -2.15. The van der Waals surface area contributed by atoms with Crippen molar-refractivity contribution >= 4 is 12.4 Å². The molecule has 1 aromatic carbocycles. The molecule has 0 aliphatic heterocycles. The highest BCUT2D eigenvalue weighted by Gasteiger charge is 1.89. The fraction of sp³-hybridized carbons (Fsp3) is 0.118. The third-order valence-corrected chi connectivity index (χ3v) is 2.59. The summed E-state index contributed by atoms with van der Waals surface area (Å²) in [6.45, 7) is 4.08. The van der Waals surface area contributed by atoms with Crippen molar-refractivity contribution in [2.75, 3.05) is 0 Å². The molecular formula is C17H18O. The van der Waals surface area contributed by atoms with Crippen LogP contribution in [0.5, 0.6) is 0 Å². The van der Waals surface area contributed by atoms with Gasteiger partial charge >= 0.3 is 0 Å². The molecule has 92 valence electrons. The highest BCUT2D eigenvalue weighted by Crippen LogP contribution is 2.09. The van der Waals surface area contributed by atoms with Crippen molar-refractivity contribution in [1.29, 1.82) is 0 Å². The van der Waals surface area contributed by atoms with Gasteiger partial charge in [0.05, 0.1) is 0 Å². The molecule has 0 saturated carbocycles. The molecule has 0 radical (unpaired) electrons. The number of hydrogen-bond donors (Lipinski definition) is 0. The summed E-state index contributed by atoms with van der Waals surface area (Å²) < 4.78 is 0. The van der Waals surface area contributed by atoms with Crippen molar-refractivity contribution in [2.45, 2.75) is 13.8 Å². The summed E-state index contributed by atoms with van der Waals surface area (Å²) in [7, 11) is 0. The lowest BCUT2D eigenvalue weighted by Gasteiger charge is -1.97. The minimum absolute atomic E-state index is 0.776. The highest BCUT2D eigenvalue weighted by atomic mass is 16.1. The lowest BCUT2D eigenvalue weighted by molar-refractivity contribution is -0.104. The van der Waals surface area contributed by atoms with Crippen LogP contribution in [0.15, 0.2) is 71.9 Å². The van der Waals surface area contributed by atoms with Crippen molar-refractivity contribution < 1.29 is 4.79 Å². The van der Waals surface area contributed by atoms with Crippen LogP contribution in [0.4, 0.5) is 0 Å². The van der Waals surface area contributed by atoms with Gasteiger partial charge in [0.2, 0.25) is 0 Å². The molecule has 1 aromatic rings. The van der Waals surface area contributed by atoms with Crippen molar-refractivity contribution in [3.63, 3.8) is 0 Å². The molecule has 0 aliphatic carbocycles. The Morgan fingerprint density at radius 2 is 1.50 bits per heavy atom. The first-order valence-corrected chi connectivity index (χ1v) is 5.93. The van der Waals surface area contributed by atoms with Gasteiger partial charge in [0.15, 0.2) is 0 Å². The van der Waals surface area contributed by atoms with Crippen molar-refractivity contribution in [3.05, 3.63) is 77.4 Å². The minimum Gasteiger partial charge on any atom is -0.299 e. The lowest BCUT2D eigenvalue weighted by atomic mass is 10.1. The summed E-state index contributed by atoms with van der Waals surface area (Å²) in [5.74, 6) is 0. The average Bonchev–Trinajstić information content (AvgIpc) is 2.40. The Morgan fingerprint density at radius 1 is 0.889 bits per heavy atom. The zero-order valence-corrected chi connectivity index (χ0v) is 10.8. The molecule has 0 unspecified atom stereocenters. The molecule has 0 heterocycles. The zero-order valence-electron chi connectivity index (χ0n) is 10.8. The number of aldehydes is 1. The topological polar surface area (TPSA) is 17.1 Å². The van der Waals surface area contributed by atoms with Crippen LogP contribution in [-0.2, 0) is 4.79 Å². The normalized spacial score (nSPS) is 13.4. The molecule has 1 nitrogen and oxygen atoms in total. The van der Waals surface area contributed by atoms with E-state index in [9.17, 15) is 4.79 Å². The SMILES string of the molecule is CC(=CC=CC=O)C(C)=CC=Cc1ccccc1. The maximum absolute atomic E-state index is 10.1. The number of benzene rings is 1. The first-order valence-electron chi connectivity index (χ1n) is 5.93. The third kappa shape index (κ3) is 5.26. The third-order valence-electron chi connectivity index (χ3n) is 2.59. The quantitative estimate of drug-likeness (QED) is 0.423. The second-order valence-corrected chi connectivity index (χ2v) is 3.99. The molecule has 0 spiro atoms. The van der Waals surface area contributed by atoms with Crippen molar-refractivity contribution in [1.82, 2.24) is 0 Å². The molecule has 0 N–H and O–H groups in total. The van der Waals surface area contributed by atoms with E-state index in [0.717, 1.165) is 11.9 Å². The van der Waals surface area contributed by atoms with E-state index < -0.39 is 0 Å². The smallest absolute Gasteiger partial charge is 0.142 e. The summed E-state index contributed by atoms with van der Waals surface area (Å²) in [4.78, 5) is 10.1. The predicted molar refractivity (Wildman–Crippen MR) is 78.2 cm³/mol. The zero-order chi connectivity index (χ0) is 13.2. The van der Waals surface area contributed by atoms with E-state index in [1.165, 1.54) is 17.2 Å². The summed E-state index contributed by atoms with van der Waals surface area (Å²) in [6.07, 6.45) is 12.1. The van der Waals surface area contributed by atoms with Gasteiger partial charge < -0.3 is 0 Å². The second-order valence-electron chi connectivity index (χ2n) is 3.99. The molecule has 0 bridgehead atoms. The van der Waals surface area contributed by atoms with Crippen LogP contribution in [0.2, 0.25) is 0 Å². The molecule has 18 heavy (non-hydrogen) atoms. The summed E-state index contributed by atoms with van der Waals surface area (Å²) in [5.41, 5.74) is 3.51. The Balaban J connectivity index is 2.67. The van der Waals surface area contributed by atoms with Gasteiger partial charge in [0.25, 0.3) is 0 Å². The van der Waals surface area contributed by atoms with Gasteiger partial charge in [-0.1, -0.05) is 60.7 Å². The van der Waals surface area contributed by atoms with Gasteiger partial charge in [0.1, 0.15) is 6.29 Å². The average molecular weight is 238 g/mol. The van der Waals surface area contributed by atoms with Crippen molar-refractivity contribution in [3.8, 4) is 0 Å². The largest absolute Gasteiger partial charge is 0.299 e. The van der Waals surface area contributed by atoms with Crippen LogP contribution in [-0.4, -0.2) is 6.29 Å². The van der Waals surface area contributed by atoms with E-state index in [1.54, 1.807) is 6.08 Å². The minimum atomic E-state index is 0.776. The standard InChI is InChI=1S/C17H18O/c1-15(9-6-7-14-18)16(2)10-8-13-17-11-4-3-5-12-17/h3-14H,1-2H3. The summed E-state index contributed by atoms with van der Waals surface area (Å²) >= 11 is 0. The molecule has 0 fully saturated rings. The monoisotopic (exact) mass is 238 g/mol. The maximum atomic E-state index is 10.1. The van der Waals surface area contributed by atoms with Gasteiger partial charge in [-0.25, -0.2) is 0 Å². The van der Waals surface area contributed by atoms with Crippen LogP contribution in [0.1, 0.15) is 19.4 Å². The first kappa shape index (κ1) is 13.9. The van der Waals surface area contributed by atoms with Crippen LogP contribution in [0.25, 0.3) is 6.08 Å². The van der Waals surface area contributed by atoms with Crippen LogP contribution >= 0.6 is 0 Å². The number of carbonyl (C=O) groups excluding carboxylic acids is 1. The molecule has 0 amide bonds. The Kier molecular flexibility index (Phi) is 6.20. The highest BCUT2D eigenvalue weighted by molar-refractivity contribution is 5.65. The molecule has 0 atom stereocenters. The van der Waals surface area contributed by atoms with Crippen molar-refractivity contribution in [2.24, 2.45) is 0 Å². The van der Waals surface area contributed by atoms with Gasteiger partial charge in [-0.05, 0) is 36.6 Å². The fourth-order valence-electron chi connectivity index (χ4n) is 1.38. The Bertz CT molecular complexity index is 488. The van der Waals surface area contributed by atoms with E-state index in [4.69, 9.17) is 0 Å². The molecule has 0 saturated heterocycles. The lowest BCUT2D eigenvalue weighted by Crippen LogP contribution is -1.77. The van der Waals surface area contributed by atoms with E-state index in [-0.39, 0.29) is 0 Å². The number of hydrogen-bond acceptors (Lipinski definition) is 1. The predicted octanol–water partition coefficient (Wildman–Crippen LogP) is 4.35. The van der Waals surface area contributed by atoms with Gasteiger partial charge in [0, 0.05) is 0 Å². The second kappa shape index (κ2) is 8.02. The number of rotatable bonds is 5. The van der Waals surface area contributed by atoms with E-state index in [2.05, 4.69) is 31.2 Å². The summed E-state index contributed by atoms with van der Waals surface area (Å²) in [5, 5.41) is 0. The molecular weight excluding hydrogens is 220 g/mol. The van der Waals surface area contributed by atoms with E-state index in [1.807, 2.05) is 37.3 Å². The van der Waals surface area contributed by atoms with E-state index >= 15 is 0 Å². The molecule has 1 rings (SSSR count). The van der Waals surface area contributed by atoms with Crippen LogP contribution in [0.3, 0.4) is 0 Å². The Morgan fingerprint density at radius 3 is 2.11 bits per heavy atom. The van der Waals surface area contributed by atoms with Gasteiger partial charge in [-0.2, -0.15) is 0 Å². The van der Waals surface area contributed by atoms with E-state index in [0.29, 0.717) is 0 Å². The summed E-state index contributed by atoms with van der Waals surface area (Å²) in [6, 6.07) is 10.2. The number of carbonyl (C=O) groups is 1. The van der Waals surface area contributed by atoms with Crippen LogP contribution in [0, 0.1) is 0 Å². The number of allylic oxidation sites excluding steroid dienone is 7. The Labute approximate surface area is 109 Å². The van der Waals surface area contributed by atoms with Gasteiger partial charge in [-0.15, -0.1) is 0 Å². The van der Waals surface area contributed by atoms with Gasteiger partial charge in [-0.3, -0.25) is 4.79 Å². The fourth-order valence-corrected chi connectivity index (χ4v) is 1.38. The molecule has 0 aromatic heterocycles. The first-order chi connectivity index (χ1) is 8.74. The van der Waals surface area contributed by atoms with Crippen LogP contribution < -0.4 is 0 Å². The maximum Gasteiger partial charge on any atom is 0.142 e.